The van der Waals surface area contributed by atoms with Crippen molar-refractivity contribution in [2.24, 2.45) is 0 Å². The van der Waals surface area contributed by atoms with Crippen LogP contribution in [-0.4, -0.2) is 15.3 Å². The maximum atomic E-state index is 11.0. The molecular formula is CH4FNOSSi. The van der Waals surface area contributed by atoms with Crippen LogP contribution in [-0.2, 0) is 0 Å². The molecule has 0 saturated heterocycles. The van der Waals surface area contributed by atoms with Gasteiger partial charge in [-0.1, -0.05) is 12.6 Å². The van der Waals surface area contributed by atoms with E-state index in [2.05, 4.69) is 12.6 Å². The van der Waals surface area contributed by atoms with Crippen LogP contribution < -0.4 is 4.98 Å². The fourth-order valence-corrected chi connectivity index (χ4v) is 0.351. The van der Waals surface area contributed by atoms with Crippen LogP contribution in [0.4, 0.5) is 8.90 Å². The molecule has 6 heavy (non-hydrogen) atoms. The molecule has 0 rings (SSSR count). The lowest BCUT2D eigenvalue weighted by molar-refractivity contribution is 0.265. The molecule has 0 aliphatic rings. The van der Waals surface area contributed by atoms with Gasteiger partial charge in [-0.3, -0.25) is 8.90 Å². The van der Waals surface area contributed by atoms with E-state index in [1.165, 1.54) is 0 Å². The molecule has 0 aromatic rings. The van der Waals surface area contributed by atoms with Gasteiger partial charge in [-0.05, 0) is 0 Å². The molecular weight excluding hydrogens is 121 g/mol. The third kappa shape index (κ3) is 3.97. The van der Waals surface area contributed by atoms with E-state index in [0.29, 0.717) is 0 Å². The summed E-state index contributed by atoms with van der Waals surface area (Å²) in [5, 5.41) is -0.579. The summed E-state index contributed by atoms with van der Waals surface area (Å²) in [6.45, 7) is 0. The van der Waals surface area contributed by atoms with E-state index in [1.807, 2.05) is 4.98 Å². The first-order valence-electron chi connectivity index (χ1n) is 1.30. The topological polar surface area (TPSA) is 29.1 Å². The van der Waals surface area contributed by atoms with Gasteiger partial charge in [0.15, 0.2) is 0 Å². The number of carbonyl (C=O) groups is 1. The molecule has 0 aromatic carbocycles. The van der Waals surface area contributed by atoms with Crippen molar-refractivity contribution >= 4 is 27.9 Å². The Labute approximate surface area is 42.6 Å². The Balaban J connectivity index is 2.83. The van der Waals surface area contributed by atoms with Gasteiger partial charge in [0.1, 0.15) is 0 Å². The second kappa shape index (κ2) is 3.17. The van der Waals surface area contributed by atoms with Crippen molar-refractivity contribution in [3.05, 3.63) is 0 Å². The lowest BCUT2D eigenvalue weighted by Gasteiger charge is -1.84. The third-order valence-electron chi connectivity index (χ3n) is 0.218. The number of nitrogens with one attached hydrogen (secondary N) is 1. The molecule has 1 N–H and O–H groups in total. The summed E-state index contributed by atoms with van der Waals surface area (Å²) in [4.78, 5) is 11.5. The summed E-state index contributed by atoms with van der Waals surface area (Å²) < 4.78 is 11.0. The molecule has 0 bridgehead atoms. The van der Waals surface area contributed by atoms with Gasteiger partial charge in [0.25, 0.3) is 5.24 Å². The van der Waals surface area contributed by atoms with Crippen molar-refractivity contribution in [3.63, 3.8) is 0 Å². The van der Waals surface area contributed by atoms with Gasteiger partial charge in [-0.15, -0.1) is 0 Å². The van der Waals surface area contributed by atoms with E-state index in [0.717, 1.165) is 0 Å². The average Bonchev–Trinajstić information content (AvgIpc) is 1.35. The fraction of sp³-hybridized carbons (Fsp3) is 0. The molecule has 0 atom stereocenters. The predicted molar refractivity (Wildman–Crippen MR) is 27.2 cm³/mol. The van der Waals surface area contributed by atoms with Gasteiger partial charge in [0.2, 0.25) is 0 Å². The van der Waals surface area contributed by atoms with Gasteiger partial charge in [0, 0.05) is 0 Å². The van der Waals surface area contributed by atoms with Gasteiger partial charge >= 0.3 is 10.0 Å². The number of carbonyl (C=O) groups excluding carboxylic acids is 1. The zero-order valence-electron chi connectivity index (χ0n) is 2.94. The van der Waals surface area contributed by atoms with Crippen molar-refractivity contribution < 1.29 is 8.90 Å². The molecule has 2 nitrogen and oxygen atoms in total. The summed E-state index contributed by atoms with van der Waals surface area (Å²) in [7, 11) is -1.81. The SMILES string of the molecule is O=C(S)N[SiH2]F. The van der Waals surface area contributed by atoms with Crippen LogP contribution in [0.2, 0.25) is 0 Å². The lowest BCUT2D eigenvalue weighted by atomic mass is 11.5. The molecule has 5 heteroatoms. The molecule has 0 spiro atoms. The van der Waals surface area contributed by atoms with E-state index in [4.69, 9.17) is 0 Å². The smallest absolute Gasteiger partial charge is 0.319 e. The van der Waals surface area contributed by atoms with Crippen LogP contribution >= 0.6 is 12.6 Å². The highest BCUT2D eigenvalue weighted by molar-refractivity contribution is 7.96. The zero-order chi connectivity index (χ0) is 4.99. The molecule has 0 unspecified atom stereocenters. The Morgan fingerprint density at radius 3 is 2.50 bits per heavy atom. The minimum atomic E-state index is -1.81. The van der Waals surface area contributed by atoms with Crippen LogP contribution in [0.3, 0.4) is 0 Å². The number of halogens is 1. The van der Waals surface area contributed by atoms with Gasteiger partial charge in [-0.2, -0.15) is 0 Å². The number of hydrogen-bond donors (Lipinski definition) is 2. The third-order valence-corrected chi connectivity index (χ3v) is 1.13. The Morgan fingerprint density at radius 1 is 2.00 bits per heavy atom. The van der Waals surface area contributed by atoms with E-state index in [-0.39, 0.29) is 0 Å². The van der Waals surface area contributed by atoms with Crippen molar-refractivity contribution in [3.8, 4) is 0 Å². The number of rotatable bonds is 1. The molecule has 0 aliphatic carbocycles. The molecule has 0 radical (unpaired) electrons. The highest BCUT2D eigenvalue weighted by Crippen LogP contribution is 1.70. The monoisotopic (exact) mass is 125 g/mol. The van der Waals surface area contributed by atoms with Crippen LogP contribution in [0, 0.1) is 0 Å². The highest BCUT2D eigenvalue weighted by Gasteiger charge is 1.84. The molecule has 0 aliphatic heterocycles. The standard InChI is InChI=1S/CH4FNOSSi/c2-6-3-1(4)5/h6H2,(H2,3,4,5). The first kappa shape index (κ1) is 5.97. The summed E-state index contributed by atoms with van der Waals surface area (Å²) >= 11 is 3.22. The summed E-state index contributed by atoms with van der Waals surface area (Å²) in [5.41, 5.74) is 0. The molecule has 0 fully saturated rings. The number of thiol groups is 1. The quantitative estimate of drug-likeness (QED) is 0.278. The first-order chi connectivity index (χ1) is 2.77. The van der Waals surface area contributed by atoms with Crippen molar-refractivity contribution in [2.75, 3.05) is 0 Å². The second-order valence-corrected chi connectivity index (χ2v) is 1.64. The van der Waals surface area contributed by atoms with Crippen LogP contribution in [0.1, 0.15) is 0 Å². The van der Waals surface area contributed by atoms with Gasteiger partial charge < -0.3 is 4.98 Å². The lowest BCUT2D eigenvalue weighted by Crippen LogP contribution is -2.17. The van der Waals surface area contributed by atoms with E-state index in [1.54, 1.807) is 0 Å². The second-order valence-electron chi connectivity index (χ2n) is 0.616. The summed E-state index contributed by atoms with van der Waals surface area (Å²) in [5.74, 6) is 0. The van der Waals surface area contributed by atoms with Crippen LogP contribution in [0.15, 0.2) is 0 Å². The molecule has 36 valence electrons. The maximum Gasteiger partial charge on any atom is 0.319 e. The number of hydrogen-bond acceptors (Lipinski definition) is 1. The van der Waals surface area contributed by atoms with Crippen molar-refractivity contribution in [1.29, 1.82) is 0 Å². The van der Waals surface area contributed by atoms with Crippen molar-refractivity contribution in [1.82, 2.24) is 4.98 Å². The molecule has 1 amide bonds. The minimum absolute atomic E-state index is 0.579. The van der Waals surface area contributed by atoms with Crippen LogP contribution in [0.5, 0.6) is 0 Å². The summed E-state index contributed by atoms with van der Waals surface area (Å²) in [6, 6.07) is 0. The van der Waals surface area contributed by atoms with Gasteiger partial charge in [0.05, 0.1) is 0 Å². The Morgan fingerprint density at radius 2 is 2.50 bits per heavy atom. The highest BCUT2D eigenvalue weighted by atomic mass is 32.1. The number of amides is 1. The largest absolute Gasteiger partial charge is 0.352 e. The maximum absolute atomic E-state index is 11.0. The molecule has 0 aromatic heterocycles. The molecule has 0 saturated carbocycles. The Hall–Kier alpha value is -0.0331. The Kier molecular flexibility index (Phi) is 3.15. The Bertz CT molecular complexity index is 59.5. The predicted octanol–water partition coefficient (Wildman–Crippen LogP) is -0.406. The first-order valence-corrected chi connectivity index (χ1v) is 2.99. The van der Waals surface area contributed by atoms with Crippen LogP contribution in [0.25, 0.3) is 0 Å². The van der Waals surface area contributed by atoms with E-state index in [9.17, 15) is 8.90 Å². The van der Waals surface area contributed by atoms with Gasteiger partial charge in [-0.25, -0.2) is 0 Å². The van der Waals surface area contributed by atoms with E-state index >= 15 is 0 Å². The van der Waals surface area contributed by atoms with E-state index < -0.39 is 15.3 Å². The van der Waals surface area contributed by atoms with Crippen molar-refractivity contribution in [2.45, 2.75) is 0 Å². The average molecular weight is 125 g/mol. The normalized spacial score (nSPS) is 9.67. The zero-order valence-corrected chi connectivity index (χ0v) is 5.25. The summed E-state index contributed by atoms with van der Waals surface area (Å²) in [6.07, 6.45) is 0. The minimum Gasteiger partial charge on any atom is -0.352 e. The fourth-order valence-electron chi connectivity index (χ4n) is 0.0572. The molecule has 0 heterocycles.